The molecule has 0 saturated heterocycles. The second kappa shape index (κ2) is 3.67. The molecule has 5 heteroatoms. The van der Waals surface area contributed by atoms with Gasteiger partial charge in [0, 0.05) is 4.90 Å². The molecule has 0 bridgehead atoms. The number of aliphatic hydroxyl groups is 1. The summed E-state index contributed by atoms with van der Waals surface area (Å²) in [7, 11) is -2.83. The lowest BCUT2D eigenvalue weighted by atomic mass is 10.2. The van der Waals surface area contributed by atoms with E-state index in [9.17, 15) is 8.42 Å². The van der Waals surface area contributed by atoms with Crippen molar-refractivity contribution in [2.45, 2.75) is 10.6 Å². The van der Waals surface area contributed by atoms with E-state index in [0.29, 0.717) is 16.9 Å². The number of aliphatic hydroxyl groups excluding tert-OH is 1. The van der Waals surface area contributed by atoms with Crippen molar-refractivity contribution in [3.63, 3.8) is 0 Å². The summed E-state index contributed by atoms with van der Waals surface area (Å²) in [4.78, 5) is 0.646. The van der Waals surface area contributed by atoms with Crippen LogP contribution in [0.1, 0.15) is 5.56 Å². The van der Waals surface area contributed by atoms with Gasteiger partial charge < -0.3 is 5.11 Å². The van der Waals surface area contributed by atoms with Crippen molar-refractivity contribution in [2.24, 2.45) is 0 Å². The highest BCUT2D eigenvalue weighted by molar-refractivity contribution is 8.08. The Balaban J connectivity index is 2.60. The van der Waals surface area contributed by atoms with E-state index in [-0.39, 0.29) is 4.24 Å². The lowest BCUT2D eigenvalue weighted by molar-refractivity contribution is 0.473. The van der Waals surface area contributed by atoms with E-state index < -0.39 is 21.6 Å². The molecule has 14 heavy (non-hydrogen) atoms. The van der Waals surface area contributed by atoms with Gasteiger partial charge >= 0.3 is 0 Å². The molecule has 0 spiro atoms. The number of fused-ring (bicyclic) bond motifs is 1. The zero-order valence-corrected chi connectivity index (χ0v) is 8.81. The van der Waals surface area contributed by atoms with Crippen LogP contribution in [0.2, 0.25) is 0 Å². The van der Waals surface area contributed by atoms with Gasteiger partial charge in [-0.05, 0) is 11.6 Å². The van der Waals surface area contributed by atoms with Gasteiger partial charge in [-0.15, -0.1) is 0 Å². The maximum Gasteiger partial charge on any atom is 0.142 e. The molecule has 0 saturated carbocycles. The molecule has 1 aromatic rings. The molecule has 0 aromatic heterocycles. The van der Waals surface area contributed by atoms with Gasteiger partial charge in [0.1, 0.15) is 10.5 Å². The van der Waals surface area contributed by atoms with E-state index in [4.69, 9.17) is 5.11 Å². The van der Waals surface area contributed by atoms with Gasteiger partial charge in [0.15, 0.2) is 0 Å². The highest BCUT2D eigenvalue weighted by atomic mass is 32.2. The summed E-state index contributed by atoms with van der Waals surface area (Å²) in [5.41, 5.74) is 0.828. The summed E-state index contributed by atoms with van der Waals surface area (Å²) in [5, 5.41) is 8.81. The Hall–Kier alpha value is -0.940. The molecule has 1 heterocycles. The molecular formula is C9H8O3S2. The monoisotopic (exact) mass is 228 g/mol. The molecule has 1 aromatic carbocycles. The van der Waals surface area contributed by atoms with Crippen molar-refractivity contribution < 1.29 is 13.5 Å². The number of benzene rings is 1. The molecule has 2 atom stereocenters. The van der Waals surface area contributed by atoms with Gasteiger partial charge in [-0.1, -0.05) is 18.2 Å². The van der Waals surface area contributed by atoms with Gasteiger partial charge in [0.25, 0.3) is 0 Å². The average molecular weight is 228 g/mol. The molecule has 1 N–H and O–H groups in total. The molecule has 0 fully saturated rings. The van der Waals surface area contributed by atoms with Gasteiger partial charge in [0.05, 0.1) is 27.4 Å². The molecule has 0 radical (unpaired) electrons. The molecule has 2 rings (SSSR count). The van der Waals surface area contributed by atoms with Crippen LogP contribution >= 0.6 is 0 Å². The van der Waals surface area contributed by atoms with Crippen LogP contribution in [-0.4, -0.2) is 13.5 Å². The maximum atomic E-state index is 11.7. The molecule has 1 aliphatic heterocycles. The molecule has 0 amide bonds. The first-order valence-corrected chi connectivity index (χ1v) is 6.43. The van der Waals surface area contributed by atoms with Crippen molar-refractivity contribution in [3.05, 3.63) is 40.3 Å². The lowest BCUT2D eigenvalue weighted by Gasteiger charge is -2.15. The lowest BCUT2D eigenvalue weighted by Crippen LogP contribution is -2.14. The highest BCUT2D eigenvalue weighted by Gasteiger charge is 2.26. The largest absolute Gasteiger partial charge is 0.514 e. The first kappa shape index (κ1) is 9.61. The molecule has 2 unspecified atom stereocenters. The summed E-state index contributed by atoms with van der Waals surface area (Å²) in [6, 6.07) is 7.13. The zero-order chi connectivity index (χ0) is 10.1. The second-order valence-corrected chi connectivity index (χ2v) is 5.91. The molecule has 3 nitrogen and oxygen atoms in total. The van der Waals surface area contributed by atoms with Crippen molar-refractivity contribution >= 4 is 21.6 Å². The van der Waals surface area contributed by atoms with Crippen LogP contribution in [0.3, 0.4) is 0 Å². The third kappa shape index (κ3) is 1.42. The number of hydrogen-bond acceptors (Lipinski definition) is 3. The summed E-state index contributed by atoms with van der Waals surface area (Å²) in [6.07, 6.45) is 0.697. The van der Waals surface area contributed by atoms with E-state index in [1.807, 2.05) is 6.07 Å². The van der Waals surface area contributed by atoms with E-state index >= 15 is 0 Å². The number of rotatable bonds is 0. The van der Waals surface area contributed by atoms with Crippen LogP contribution in [-0.2, 0) is 27.4 Å². The predicted molar refractivity (Wildman–Crippen MR) is 55.4 cm³/mol. The maximum absolute atomic E-state index is 11.7. The predicted octanol–water partition coefficient (Wildman–Crippen LogP) is 1.41. The fourth-order valence-corrected chi connectivity index (χ4v) is 4.22. The van der Waals surface area contributed by atoms with Gasteiger partial charge in [0.2, 0.25) is 0 Å². The van der Waals surface area contributed by atoms with Crippen molar-refractivity contribution in [1.82, 2.24) is 0 Å². The zero-order valence-electron chi connectivity index (χ0n) is 7.17. The van der Waals surface area contributed by atoms with Crippen LogP contribution in [0.4, 0.5) is 0 Å². The minimum atomic E-state index is -1.47. The fourth-order valence-electron chi connectivity index (χ4n) is 1.32. The van der Waals surface area contributed by atoms with Crippen LogP contribution in [0.15, 0.2) is 39.7 Å². The van der Waals surface area contributed by atoms with E-state index in [1.54, 1.807) is 18.2 Å². The van der Waals surface area contributed by atoms with Gasteiger partial charge in [-0.3, -0.25) is 4.21 Å². The quantitative estimate of drug-likeness (QED) is 0.683. The highest BCUT2D eigenvalue weighted by Crippen LogP contribution is 2.28. The summed E-state index contributed by atoms with van der Waals surface area (Å²) < 4.78 is 23.3. The second-order valence-electron chi connectivity index (χ2n) is 2.81. The summed E-state index contributed by atoms with van der Waals surface area (Å²) >= 11 is 0. The Bertz CT molecular complexity index is 451. The van der Waals surface area contributed by atoms with Crippen LogP contribution in [0, 0.1) is 0 Å². The minimum absolute atomic E-state index is 0.101. The van der Waals surface area contributed by atoms with Crippen molar-refractivity contribution in [1.29, 1.82) is 0 Å². The van der Waals surface area contributed by atoms with Crippen LogP contribution in [0.25, 0.3) is 0 Å². The normalized spacial score (nSPS) is 28.7. The van der Waals surface area contributed by atoms with Crippen molar-refractivity contribution in [2.75, 3.05) is 0 Å². The molecule has 0 aliphatic carbocycles. The first-order chi connectivity index (χ1) is 6.74. The Morgan fingerprint density at radius 1 is 1.29 bits per heavy atom. The summed E-state index contributed by atoms with van der Waals surface area (Å²) in [6.45, 7) is 0. The Kier molecular flexibility index (Phi) is 2.52. The summed E-state index contributed by atoms with van der Waals surface area (Å²) in [5.74, 6) is 0.328. The van der Waals surface area contributed by atoms with Gasteiger partial charge in [-0.2, -0.15) is 0 Å². The fraction of sp³-hybridized carbons (Fsp3) is 0.111. The Labute approximate surface area is 86.4 Å². The molecular weight excluding hydrogens is 220 g/mol. The first-order valence-electron chi connectivity index (χ1n) is 3.96. The third-order valence-corrected chi connectivity index (χ3v) is 5.38. The molecule has 1 aliphatic rings. The molecule has 74 valence electrons. The standard InChI is InChI=1S/C9H8O3S2/c10-5-9-13(11)6-7-3-1-2-4-8(7)14(9)12/h1-5,10H,6H2/b9-5+. The third-order valence-electron chi connectivity index (χ3n) is 1.97. The number of hydrogen-bond donors (Lipinski definition) is 1. The van der Waals surface area contributed by atoms with Crippen LogP contribution < -0.4 is 0 Å². The van der Waals surface area contributed by atoms with E-state index in [2.05, 4.69) is 0 Å². The van der Waals surface area contributed by atoms with E-state index in [1.165, 1.54) is 0 Å². The van der Waals surface area contributed by atoms with E-state index in [0.717, 1.165) is 5.56 Å². The smallest absolute Gasteiger partial charge is 0.142 e. The SMILES string of the molecule is O=S1Cc2ccccc2S(=O)/C1=C/O. The minimum Gasteiger partial charge on any atom is -0.514 e. The van der Waals surface area contributed by atoms with Crippen molar-refractivity contribution in [3.8, 4) is 0 Å². The Morgan fingerprint density at radius 2 is 2.00 bits per heavy atom. The van der Waals surface area contributed by atoms with Crippen LogP contribution in [0.5, 0.6) is 0 Å². The Morgan fingerprint density at radius 3 is 2.71 bits per heavy atom. The average Bonchev–Trinajstić information content (AvgIpc) is 2.18. The van der Waals surface area contributed by atoms with Gasteiger partial charge in [-0.25, -0.2) is 4.21 Å². The topological polar surface area (TPSA) is 54.4 Å².